The highest BCUT2D eigenvalue weighted by Gasteiger charge is 2.08. The van der Waals surface area contributed by atoms with Gasteiger partial charge in [-0.2, -0.15) is 0 Å². The molecular formula is C9H7N5. The van der Waals surface area contributed by atoms with Gasteiger partial charge in [0.25, 0.3) is 0 Å². The van der Waals surface area contributed by atoms with Crippen molar-refractivity contribution in [1.82, 2.24) is 19.6 Å². The number of nitrogens with two attached hydrogens (primary N) is 1. The molecule has 14 heavy (non-hydrogen) atoms. The molecule has 0 aliphatic heterocycles. The lowest BCUT2D eigenvalue weighted by atomic mass is 10.3. The van der Waals surface area contributed by atoms with Crippen LogP contribution in [-0.2, 0) is 0 Å². The molecule has 0 amide bonds. The van der Waals surface area contributed by atoms with Crippen LogP contribution in [0.2, 0.25) is 0 Å². The fourth-order valence-electron chi connectivity index (χ4n) is 1.53. The zero-order valence-electron chi connectivity index (χ0n) is 7.25. The van der Waals surface area contributed by atoms with Crippen molar-refractivity contribution in [3.8, 4) is 0 Å². The van der Waals surface area contributed by atoms with Crippen LogP contribution in [0.4, 0.5) is 5.82 Å². The van der Waals surface area contributed by atoms with Crippen molar-refractivity contribution in [2.24, 2.45) is 0 Å². The number of pyridine rings is 1. The minimum Gasteiger partial charge on any atom is -0.383 e. The topological polar surface area (TPSA) is 69.1 Å². The van der Waals surface area contributed by atoms with Crippen molar-refractivity contribution in [3.63, 3.8) is 0 Å². The molecule has 0 aliphatic rings. The molecule has 3 aromatic heterocycles. The predicted octanol–water partition coefficient (Wildman–Crippen LogP) is 0.860. The smallest absolute Gasteiger partial charge is 0.187 e. The quantitative estimate of drug-likeness (QED) is 0.564. The third-order valence-electron chi connectivity index (χ3n) is 2.15. The van der Waals surface area contributed by atoms with Crippen LogP contribution >= 0.6 is 0 Å². The molecular weight excluding hydrogens is 178 g/mol. The van der Waals surface area contributed by atoms with E-state index >= 15 is 0 Å². The van der Waals surface area contributed by atoms with Crippen molar-refractivity contribution in [3.05, 3.63) is 30.7 Å². The Morgan fingerprint density at radius 1 is 1.21 bits per heavy atom. The molecule has 5 heteroatoms. The third-order valence-corrected chi connectivity index (χ3v) is 2.15. The first-order valence-electron chi connectivity index (χ1n) is 4.20. The minimum atomic E-state index is 0.469. The van der Waals surface area contributed by atoms with Gasteiger partial charge < -0.3 is 5.73 Å². The lowest BCUT2D eigenvalue weighted by molar-refractivity contribution is 0.969. The van der Waals surface area contributed by atoms with Gasteiger partial charge in [-0.1, -0.05) is 6.07 Å². The van der Waals surface area contributed by atoms with E-state index in [0.717, 1.165) is 10.9 Å². The summed E-state index contributed by atoms with van der Waals surface area (Å²) in [6.07, 6.45) is 3.28. The van der Waals surface area contributed by atoms with Gasteiger partial charge in [0.1, 0.15) is 12.1 Å². The highest BCUT2D eigenvalue weighted by atomic mass is 15.2. The van der Waals surface area contributed by atoms with Crippen LogP contribution in [-0.4, -0.2) is 19.6 Å². The number of nitrogens with zero attached hydrogens (tertiary/aromatic N) is 4. The Balaban J connectivity index is 2.65. The maximum absolute atomic E-state index is 5.76. The summed E-state index contributed by atoms with van der Waals surface area (Å²) in [6.45, 7) is 0. The van der Waals surface area contributed by atoms with Crippen LogP contribution in [0.3, 0.4) is 0 Å². The summed E-state index contributed by atoms with van der Waals surface area (Å²) in [5.74, 6) is 0.469. The van der Waals surface area contributed by atoms with E-state index in [1.165, 1.54) is 6.33 Å². The molecule has 0 saturated carbocycles. The number of anilines is 1. The summed E-state index contributed by atoms with van der Waals surface area (Å²) in [7, 11) is 0. The first-order chi connectivity index (χ1) is 6.86. The van der Waals surface area contributed by atoms with E-state index in [2.05, 4.69) is 15.1 Å². The van der Waals surface area contributed by atoms with Gasteiger partial charge in [-0.05, 0) is 12.1 Å². The first-order valence-corrected chi connectivity index (χ1v) is 4.20. The monoisotopic (exact) mass is 185 g/mol. The molecule has 3 aromatic rings. The molecule has 5 nitrogen and oxygen atoms in total. The van der Waals surface area contributed by atoms with E-state index in [0.29, 0.717) is 11.5 Å². The highest BCUT2D eigenvalue weighted by molar-refractivity contribution is 5.99. The van der Waals surface area contributed by atoms with Crippen molar-refractivity contribution in [1.29, 1.82) is 0 Å². The van der Waals surface area contributed by atoms with E-state index in [-0.39, 0.29) is 0 Å². The van der Waals surface area contributed by atoms with Crippen molar-refractivity contribution in [2.45, 2.75) is 0 Å². The second-order valence-electron chi connectivity index (χ2n) is 2.99. The predicted molar refractivity (Wildman–Crippen MR) is 52.7 cm³/mol. The first kappa shape index (κ1) is 7.25. The summed E-state index contributed by atoms with van der Waals surface area (Å²) in [6, 6.07) is 5.78. The summed E-state index contributed by atoms with van der Waals surface area (Å²) in [4.78, 5) is 8.00. The van der Waals surface area contributed by atoms with Crippen LogP contribution in [0, 0.1) is 0 Å². The molecule has 0 radical (unpaired) electrons. The molecule has 0 saturated heterocycles. The molecule has 0 atom stereocenters. The second-order valence-corrected chi connectivity index (χ2v) is 2.99. The van der Waals surface area contributed by atoms with Crippen molar-refractivity contribution in [2.75, 3.05) is 5.73 Å². The summed E-state index contributed by atoms with van der Waals surface area (Å²) >= 11 is 0. The zero-order valence-corrected chi connectivity index (χ0v) is 7.25. The lowest BCUT2D eigenvalue weighted by Crippen LogP contribution is -1.91. The fourth-order valence-corrected chi connectivity index (χ4v) is 1.53. The molecule has 3 rings (SSSR count). The van der Waals surface area contributed by atoms with Gasteiger partial charge in [0.15, 0.2) is 5.65 Å². The van der Waals surface area contributed by atoms with Gasteiger partial charge in [0, 0.05) is 6.20 Å². The van der Waals surface area contributed by atoms with Gasteiger partial charge in [0.05, 0.1) is 10.9 Å². The minimum absolute atomic E-state index is 0.469. The largest absolute Gasteiger partial charge is 0.383 e. The summed E-state index contributed by atoms with van der Waals surface area (Å²) < 4.78 is 1.75. The Morgan fingerprint density at radius 2 is 2.14 bits per heavy atom. The summed E-state index contributed by atoms with van der Waals surface area (Å²) in [5.41, 5.74) is 7.32. The molecule has 3 heterocycles. The van der Waals surface area contributed by atoms with Crippen LogP contribution in [0.15, 0.2) is 30.7 Å². The van der Waals surface area contributed by atoms with Gasteiger partial charge in [-0.3, -0.25) is 0 Å². The van der Waals surface area contributed by atoms with Crippen LogP contribution in [0.5, 0.6) is 0 Å². The van der Waals surface area contributed by atoms with Gasteiger partial charge in [0.2, 0.25) is 0 Å². The maximum atomic E-state index is 5.76. The van der Waals surface area contributed by atoms with E-state index in [9.17, 15) is 0 Å². The van der Waals surface area contributed by atoms with E-state index in [1.54, 1.807) is 4.52 Å². The molecule has 0 spiro atoms. The van der Waals surface area contributed by atoms with Gasteiger partial charge in [-0.25, -0.2) is 14.5 Å². The van der Waals surface area contributed by atoms with Crippen LogP contribution in [0.25, 0.3) is 16.6 Å². The van der Waals surface area contributed by atoms with Crippen LogP contribution < -0.4 is 5.73 Å². The molecule has 0 fully saturated rings. The normalized spacial score (nSPS) is 11.1. The number of nitrogen functional groups attached to an aromatic ring is 1. The standard InChI is InChI=1S/C9H7N5/c10-8-7-6-3-1-2-4-14(6)13-9(7)12-5-11-8/h1-5H,(H2,10,11,12,13). The van der Waals surface area contributed by atoms with E-state index in [4.69, 9.17) is 5.73 Å². The van der Waals surface area contributed by atoms with Gasteiger partial charge >= 0.3 is 0 Å². The Morgan fingerprint density at radius 3 is 3.07 bits per heavy atom. The molecule has 0 aliphatic carbocycles. The fraction of sp³-hybridized carbons (Fsp3) is 0. The Kier molecular flexibility index (Phi) is 1.25. The number of rotatable bonds is 0. The van der Waals surface area contributed by atoms with E-state index in [1.807, 2.05) is 24.4 Å². The molecule has 68 valence electrons. The number of hydrogen-bond donors (Lipinski definition) is 1. The molecule has 2 N–H and O–H groups in total. The third kappa shape index (κ3) is 0.806. The highest BCUT2D eigenvalue weighted by Crippen LogP contribution is 2.20. The van der Waals surface area contributed by atoms with Crippen molar-refractivity contribution < 1.29 is 0 Å². The average Bonchev–Trinajstić information content (AvgIpc) is 2.57. The van der Waals surface area contributed by atoms with Gasteiger partial charge in [-0.15, -0.1) is 5.10 Å². The SMILES string of the molecule is Nc1ncnc2nn3ccccc3c12. The Labute approximate surface area is 79.2 Å². The average molecular weight is 185 g/mol. The molecule has 0 aromatic carbocycles. The second kappa shape index (κ2) is 2.41. The number of aromatic nitrogens is 4. The number of hydrogen-bond acceptors (Lipinski definition) is 4. The van der Waals surface area contributed by atoms with E-state index < -0.39 is 0 Å². The molecule has 0 bridgehead atoms. The Hall–Kier alpha value is -2.17. The van der Waals surface area contributed by atoms with Crippen molar-refractivity contribution >= 4 is 22.4 Å². The Bertz CT molecular complexity index is 613. The molecule has 0 unspecified atom stereocenters. The zero-order chi connectivity index (χ0) is 9.54. The summed E-state index contributed by atoms with van der Waals surface area (Å²) in [5, 5.41) is 5.07. The van der Waals surface area contributed by atoms with Crippen LogP contribution in [0.1, 0.15) is 0 Å². The maximum Gasteiger partial charge on any atom is 0.187 e. The lowest BCUT2D eigenvalue weighted by Gasteiger charge is -1.92. The number of fused-ring (bicyclic) bond motifs is 3.